The minimum absolute atomic E-state index is 0.209. The lowest BCUT2D eigenvalue weighted by molar-refractivity contribution is 0.0388. The molecule has 2 rings (SSSR count). The van der Waals surface area contributed by atoms with Crippen molar-refractivity contribution in [3.05, 3.63) is 24.3 Å². The number of hydrogen-bond donors (Lipinski definition) is 3. The van der Waals surface area contributed by atoms with Crippen LogP contribution in [0.4, 0.5) is 16.2 Å². The van der Waals surface area contributed by atoms with Crippen LogP contribution >= 0.6 is 0 Å². The van der Waals surface area contributed by atoms with Gasteiger partial charge in [-0.2, -0.15) is 0 Å². The van der Waals surface area contributed by atoms with Gasteiger partial charge in [-0.1, -0.05) is 6.07 Å². The number of nitrogens with two attached hydrogens (primary N) is 1. The normalized spacial score (nSPS) is 16.0. The fraction of sp³-hybridized carbons (Fsp3) is 0.462. The van der Waals surface area contributed by atoms with Crippen molar-refractivity contribution >= 4 is 17.4 Å². The SMILES string of the molecule is Nc1cccc(NC(=O)NCCN2CCOCC2)c1. The number of carbonyl (C=O) groups excluding carboxylic acids is 1. The van der Waals surface area contributed by atoms with Gasteiger partial charge in [0.1, 0.15) is 0 Å². The van der Waals surface area contributed by atoms with Gasteiger partial charge in [-0.05, 0) is 18.2 Å². The predicted molar refractivity (Wildman–Crippen MR) is 75.1 cm³/mol. The molecule has 1 saturated heterocycles. The van der Waals surface area contributed by atoms with Crippen LogP contribution in [0.2, 0.25) is 0 Å². The fourth-order valence-corrected chi connectivity index (χ4v) is 1.94. The van der Waals surface area contributed by atoms with Gasteiger partial charge in [0.05, 0.1) is 13.2 Å². The molecule has 6 heteroatoms. The van der Waals surface area contributed by atoms with Gasteiger partial charge in [-0.25, -0.2) is 4.79 Å². The lowest BCUT2D eigenvalue weighted by Crippen LogP contribution is -2.42. The van der Waals surface area contributed by atoms with Crippen LogP contribution in [0.1, 0.15) is 0 Å². The zero-order chi connectivity index (χ0) is 13.5. The third kappa shape index (κ3) is 4.76. The Hall–Kier alpha value is -1.79. The van der Waals surface area contributed by atoms with Crippen LogP contribution in [0.3, 0.4) is 0 Å². The van der Waals surface area contributed by atoms with Crippen LogP contribution in [0.5, 0.6) is 0 Å². The molecule has 19 heavy (non-hydrogen) atoms. The van der Waals surface area contributed by atoms with Gasteiger partial charge >= 0.3 is 6.03 Å². The Morgan fingerprint density at radius 2 is 2.16 bits per heavy atom. The second kappa shape index (κ2) is 6.96. The lowest BCUT2D eigenvalue weighted by Gasteiger charge is -2.26. The molecular weight excluding hydrogens is 244 g/mol. The molecule has 1 aromatic carbocycles. The lowest BCUT2D eigenvalue weighted by atomic mass is 10.3. The molecule has 104 valence electrons. The zero-order valence-electron chi connectivity index (χ0n) is 10.9. The third-order valence-electron chi connectivity index (χ3n) is 2.96. The van der Waals surface area contributed by atoms with Crippen molar-refractivity contribution in [3.63, 3.8) is 0 Å². The Balaban J connectivity index is 1.67. The summed E-state index contributed by atoms with van der Waals surface area (Å²) < 4.78 is 5.26. The molecule has 6 nitrogen and oxygen atoms in total. The molecule has 0 bridgehead atoms. The number of amides is 2. The summed E-state index contributed by atoms with van der Waals surface area (Å²) in [6.07, 6.45) is 0. The molecule has 0 aliphatic carbocycles. The first-order chi connectivity index (χ1) is 9.24. The summed E-state index contributed by atoms with van der Waals surface area (Å²) in [5, 5.41) is 5.57. The van der Waals surface area contributed by atoms with E-state index >= 15 is 0 Å². The number of nitrogens with zero attached hydrogens (tertiary/aromatic N) is 1. The number of anilines is 2. The highest BCUT2D eigenvalue weighted by atomic mass is 16.5. The van der Waals surface area contributed by atoms with E-state index in [1.165, 1.54) is 0 Å². The highest BCUT2D eigenvalue weighted by molar-refractivity contribution is 5.89. The van der Waals surface area contributed by atoms with Crippen molar-refractivity contribution < 1.29 is 9.53 Å². The number of urea groups is 1. The summed E-state index contributed by atoms with van der Waals surface area (Å²) in [5.74, 6) is 0. The molecule has 1 heterocycles. The van der Waals surface area contributed by atoms with Crippen LogP contribution < -0.4 is 16.4 Å². The number of hydrogen-bond acceptors (Lipinski definition) is 4. The van der Waals surface area contributed by atoms with E-state index in [0.717, 1.165) is 32.8 Å². The number of nitrogens with one attached hydrogen (secondary N) is 2. The van der Waals surface area contributed by atoms with Crippen molar-refractivity contribution in [1.82, 2.24) is 10.2 Å². The highest BCUT2D eigenvalue weighted by Crippen LogP contribution is 2.11. The smallest absolute Gasteiger partial charge is 0.319 e. The number of ether oxygens (including phenoxy) is 1. The van der Waals surface area contributed by atoms with Crippen molar-refractivity contribution in [1.29, 1.82) is 0 Å². The predicted octanol–water partition coefficient (Wildman–Crippen LogP) is 0.723. The van der Waals surface area contributed by atoms with Crippen molar-refractivity contribution in [2.24, 2.45) is 0 Å². The van der Waals surface area contributed by atoms with Crippen LogP contribution in [0.15, 0.2) is 24.3 Å². The van der Waals surface area contributed by atoms with Gasteiger partial charge in [0, 0.05) is 37.6 Å². The number of rotatable bonds is 4. The van der Waals surface area contributed by atoms with E-state index in [2.05, 4.69) is 15.5 Å². The van der Waals surface area contributed by atoms with Crippen LogP contribution in [-0.2, 0) is 4.74 Å². The highest BCUT2D eigenvalue weighted by Gasteiger charge is 2.10. The standard InChI is InChI=1S/C13H20N4O2/c14-11-2-1-3-12(10-11)16-13(18)15-4-5-17-6-8-19-9-7-17/h1-3,10H,4-9,14H2,(H2,15,16,18). The van der Waals surface area contributed by atoms with Gasteiger partial charge in [0.2, 0.25) is 0 Å². The van der Waals surface area contributed by atoms with Crippen LogP contribution in [-0.4, -0.2) is 50.3 Å². The Morgan fingerprint density at radius 3 is 2.89 bits per heavy atom. The average Bonchev–Trinajstić information content (AvgIpc) is 2.40. The first kappa shape index (κ1) is 13.6. The Kier molecular flexibility index (Phi) is 5.00. The largest absolute Gasteiger partial charge is 0.399 e. The first-order valence-electron chi connectivity index (χ1n) is 6.44. The molecule has 1 aliphatic heterocycles. The Labute approximate surface area is 112 Å². The van der Waals surface area contributed by atoms with Crippen LogP contribution in [0, 0.1) is 0 Å². The van der Waals surface area contributed by atoms with Crippen molar-refractivity contribution in [2.75, 3.05) is 50.4 Å². The average molecular weight is 264 g/mol. The number of nitrogen functional groups attached to an aromatic ring is 1. The maximum atomic E-state index is 11.7. The molecule has 0 unspecified atom stereocenters. The molecule has 0 aromatic heterocycles. The Morgan fingerprint density at radius 1 is 1.37 bits per heavy atom. The fourth-order valence-electron chi connectivity index (χ4n) is 1.94. The maximum absolute atomic E-state index is 11.7. The van der Waals surface area contributed by atoms with Gasteiger partial charge in [-0.15, -0.1) is 0 Å². The van der Waals surface area contributed by atoms with Crippen LogP contribution in [0.25, 0.3) is 0 Å². The van der Waals surface area contributed by atoms with Gasteiger partial charge < -0.3 is 21.1 Å². The summed E-state index contributed by atoms with van der Waals surface area (Å²) in [4.78, 5) is 13.9. The number of benzene rings is 1. The maximum Gasteiger partial charge on any atom is 0.319 e. The zero-order valence-corrected chi connectivity index (χ0v) is 10.9. The van der Waals surface area contributed by atoms with E-state index in [9.17, 15) is 4.79 Å². The molecule has 0 radical (unpaired) electrons. The molecule has 0 spiro atoms. The molecular formula is C13H20N4O2. The molecule has 4 N–H and O–H groups in total. The Bertz CT molecular complexity index is 419. The summed E-state index contributed by atoms with van der Waals surface area (Å²) >= 11 is 0. The van der Waals surface area contributed by atoms with Gasteiger partial charge in [-0.3, -0.25) is 4.90 Å². The summed E-state index contributed by atoms with van der Waals surface area (Å²) in [5.41, 5.74) is 6.97. The van der Waals surface area contributed by atoms with E-state index in [4.69, 9.17) is 10.5 Å². The summed E-state index contributed by atoms with van der Waals surface area (Å²) in [6.45, 7) is 4.86. The van der Waals surface area contributed by atoms with E-state index in [1.807, 2.05) is 0 Å². The third-order valence-corrected chi connectivity index (χ3v) is 2.96. The second-order valence-electron chi connectivity index (χ2n) is 4.46. The molecule has 2 amide bonds. The first-order valence-corrected chi connectivity index (χ1v) is 6.44. The molecule has 0 atom stereocenters. The quantitative estimate of drug-likeness (QED) is 0.700. The van der Waals surface area contributed by atoms with Crippen molar-refractivity contribution in [3.8, 4) is 0 Å². The number of morpholine rings is 1. The summed E-state index contributed by atoms with van der Waals surface area (Å²) in [7, 11) is 0. The minimum atomic E-state index is -0.209. The number of carbonyl (C=O) groups is 1. The topological polar surface area (TPSA) is 79.6 Å². The molecule has 0 saturated carbocycles. The molecule has 1 aliphatic rings. The minimum Gasteiger partial charge on any atom is -0.399 e. The van der Waals surface area contributed by atoms with E-state index in [1.54, 1.807) is 24.3 Å². The van der Waals surface area contributed by atoms with E-state index < -0.39 is 0 Å². The van der Waals surface area contributed by atoms with Gasteiger partial charge in [0.25, 0.3) is 0 Å². The second-order valence-corrected chi connectivity index (χ2v) is 4.46. The van der Waals surface area contributed by atoms with E-state index in [-0.39, 0.29) is 6.03 Å². The molecule has 1 aromatic rings. The van der Waals surface area contributed by atoms with Gasteiger partial charge in [0.15, 0.2) is 0 Å². The monoisotopic (exact) mass is 264 g/mol. The molecule has 1 fully saturated rings. The van der Waals surface area contributed by atoms with E-state index in [0.29, 0.717) is 17.9 Å². The summed E-state index contributed by atoms with van der Waals surface area (Å²) in [6, 6.07) is 6.90. The van der Waals surface area contributed by atoms with Crippen molar-refractivity contribution in [2.45, 2.75) is 0 Å².